The SMILES string of the molecule is Cc1cccc2nc(CNC(=O)CC3CSCCN3)cn12.Cl.Cl. The molecule has 1 saturated heterocycles. The molecule has 0 radical (unpaired) electrons. The van der Waals surface area contributed by atoms with Gasteiger partial charge in [-0.1, -0.05) is 6.07 Å². The van der Waals surface area contributed by atoms with Crippen molar-refractivity contribution in [3.05, 3.63) is 35.8 Å². The van der Waals surface area contributed by atoms with E-state index in [1.165, 1.54) is 0 Å². The van der Waals surface area contributed by atoms with Crippen LogP contribution in [-0.4, -0.2) is 39.4 Å². The number of carbonyl (C=O) groups is 1. The molecule has 3 rings (SSSR count). The van der Waals surface area contributed by atoms with E-state index in [4.69, 9.17) is 0 Å². The Morgan fingerprint density at radius 2 is 2.30 bits per heavy atom. The first kappa shape index (κ1) is 20.1. The van der Waals surface area contributed by atoms with Crippen molar-refractivity contribution in [3.8, 4) is 0 Å². The van der Waals surface area contributed by atoms with Crippen LogP contribution in [0, 0.1) is 6.92 Å². The van der Waals surface area contributed by atoms with Crippen molar-refractivity contribution >= 4 is 48.1 Å². The number of aromatic nitrogens is 2. The van der Waals surface area contributed by atoms with E-state index in [1.54, 1.807) is 0 Å². The lowest BCUT2D eigenvalue weighted by Crippen LogP contribution is -2.41. The van der Waals surface area contributed by atoms with Crippen LogP contribution in [0.5, 0.6) is 0 Å². The molecule has 0 aliphatic carbocycles. The van der Waals surface area contributed by atoms with Crippen LogP contribution in [-0.2, 0) is 11.3 Å². The number of carbonyl (C=O) groups excluding carboxylic acids is 1. The summed E-state index contributed by atoms with van der Waals surface area (Å²) in [7, 11) is 0. The summed E-state index contributed by atoms with van der Waals surface area (Å²) in [6.45, 7) is 3.53. The molecule has 8 heteroatoms. The molecule has 23 heavy (non-hydrogen) atoms. The summed E-state index contributed by atoms with van der Waals surface area (Å²) in [5.74, 6) is 2.24. The van der Waals surface area contributed by atoms with Gasteiger partial charge >= 0.3 is 0 Å². The van der Waals surface area contributed by atoms with Crippen LogP contribution >= 0.6 is 36.6 Å². The van der Waals surface area contributed by atoms with Gasteiger partial charge in [-0.2, -0.15) is 11.8 Å². The van der Waals surface area contributed by atoms with E-state index in [-0.39, 0.29) is 30.7 Å². The van der Waals surface area contributed by atoms with E-state index in [0.29, 0.717) is 19.0 Å². The monoisotopic (exact) mass is 376 g/mol. The summed E-state index contributed by atoms with van der Waals surface area (Å²) in [6.07, 6.45) is 2.53. The number of aryl methyl sites for hydroxylation is 1. The fraction of sp³-hybridized carbons (Fsp3) is 0.467. The quantitative estimate of drug-likeness (QED) is 0.858. The lowest BCUT2D eigenvalue weighted by molar-refractivity contribution is -0.121. The third kappa shape index (κ3) is 5.28. The zero-order valence-electron chi connectivity index (χ0n) is 12.9. The molecule has 1 aliphatic heterocycles. The van der Waals surface area contributed by atoms with E-state index < -0.39 is 0 Å². The topological polar surface area (TPSA) is 58.4 Å². The van der Waals surface area contributed by atoms with Crippen LogP contribution in [0.4, 0.5) is 0 Å². The molecule has 128 valence electrons. The number of amides is 1. The van der Waals surface area contributed by atoms with Crippen molar-refractivity contribution in [2.45, 2.75) is 25.9 Å². The Morgan fingerprint density at radius 3 is 3.00 bits per heavy atom. The molecule has 2 N–H and O–H groups in total. The molecule has 0 aromatic carbocycles. The van der Waals surface area contributed by atoms with Gasteiger partial charge in [-0.3, -0.25) is 4.79 Å². The number of nitrogens with one attached hydrogen (secondary N) is 2. The van der Waals surface area contributed by atoms with E-state index in [9.17, 15) is 4.79 Å². The first-order valence-corrected chi connectivity index (χ1v) is 8.39. The van der Waals surface area contributed by atoms with Crippen LogP contribution in [0.1, 0.15) is 17.8 Å². The number of thioether (sulfide) groups is 1. The Bertz CT molecular complexity index is 643. The third-order valence-corrected chi connectivity index (χ3v) is 4.77. The standard InChI is InChI=1S/C15H20N4OS.2ClH/c1-11-3-2-4-14-18-13(9-19(11)14)8-17-15(20)7-12-10-21-6-5-16-12;;/h2-4,9,12,16H,5-8,10H2,1H3,(H,17,20);2*1H. The van der Waals surface area contributed by atoms with Crippen molar-refractivity contribution in [3.63, 3.8) is 0 Å². The zero-order valence-corrected chi connectivity index (χ0v) is 15.4. The van der Waals surface area contributed by atoms with Gasteiger partial charge in [0.25, 0.3) is 0 Å². The average Bonchev–Trinajstić information content (AvgIpc) is 2.91. The Kier molecular flexibility index (Phi) is 8.19. The third-order valence-electron chi connectivity index (χ3n) is 3.64. The molecular weight excluding hydrogens is 355 g/mol. The average molecular weight is 377 g/mol. The number of halogens is 2. The first-order chi connectivity index (χ1) is 10.2. The van der Waals surface area contributed by atoms with Crippen LogP contribution < -0.4 is 10.6 Å². The second-order valence-electron chi connectivity index (χ2n) is 5.33. The fourth-order valence-electron chi connectivity index (χ4n) is 2.52. The van der Waals surface area contributed by atoms with E-state index in [2.05, 4.69) is 15.6 Å². The minimum Gasteiger partial charge on any atom is -0.350 e. The van der Waals surface area contributed by atoms with Crippen molar-refractivity contribution in [1.29, 1.82) is 0 Å². The minimum absolute atomic E-state index is 0. The van der Waals surface area contributed by atoms with Crippen molar-refractivity contribution in [2.75, 3.05) is 18.1 Å². The molecule has 0 spiro atoms. The molecule has 1 amide bonds. The van der Waals surface area contributed by atoms with E-state index >= 15 is 0 Å². The number of hydrogen-bond donors (Lipinski definition) is 2. The number of pyridine rings is 1. The summed E-state index contributed by atoms with van der Waals surface area (Å²) in [4.78, 5) is 16.5. The molecule has 0 bridgehead atoms. The van der Waals surface area contributed by atoms with Gasteiger partial charge in [-0.05, 0) is 19.1 Å². The molecule has 3 heterocycles. The molecule has 1 atom stereocenters. The summed E-state index contributed by atoms with van der Waals surface area (Å²) in [6, 6.07) is 6.31. The molecule has 2 aromatic rings. The lowest BCUT2D eigenvalue weighted by Gasteiger charge is -2.22. The highest BCUT2D eigenvalue weighted by atomic mass is 35.5. The maximum atomic E-state index is 12.0. The normalized spacial score (nSPS) is 17.2. The van der Waals surface area contributed by atoms with Crippen LogP contribution in [0.3, 0.4) is 0 Å². The molecule has 2 aromatic heterocycles. The predicted octanol–water partition coefficient (Wildman–Crippen LogP) is 2.20. The van der Waals surface area contributed by atoms with Gasteiger partial charge in [-0.15, -0.1) is 24.8 Å². The lowest BCUT2D eigenvalue weighted by atomic mass is 10.2. The molecule has 1 aliphatic rings. The van der Waals surface area contributed by atoms with Gasteiger partial charge in [0.05, 0.1) is 12.2 Å². The Morgan fingerprint density at radius 1 is 1.48 bits per heavy atom. The number of fused-ring (bicyclic) bond motifs is 1. The van der Waals surface area contributed by atoms with Crippen LogP contribution in [0.15, 0.2) is 24.4 Å². The van der Waals surface area contributed by atoms with Gasteiger partial charge in [0, 0.05) is 42.4 Å². The van der Waals surface area contributed by atoms with Gasteiger partial charge in [-0.25, -0.2) is 4.98 Å². The van der Waals surface area contributed by atoms with Gasteiger partial charge in [0.1, 0.15) is 5.65 Å². The summed E-state index contributed by atoms with van der Waals surface area (Å²) in [5.41, 5.74) is 2.95. The van der Waals surface area contributed by atoms with E-state index in [1.807, 2.05) is 47.5 Å². The van der Waals surface area contributed by atoms with E-state index in [0.717, 1.165) is 35.1 Å². The summed E-state index contributed by atoms with van der Waals surface area (Å²) < 4.78 is 2.04. The first-order valence-electron chi connectivity index (χ1n) is 7.24. The molecule has 1 unspecified atom stereocenters. The maximum absolute atomic E-state index is 12.0. The molecule has 0 saturated carbocycles. The maximum Gasteiger partial charge on any atom is 0.221 e. The fourth-order valence-corrected chi connectivity index (χ4v) is 3.47. The Hall–Kier alpha value is -0.950. The number of hydrogen-bond acceptors (Lipinski definition) is 4. The van der Waals surface area contributed by atoms with Crippen molar-refractivity contribution < 1.29 is 4.79 Å². The second kappa shape index (κ2) is 9.37. The highest BCUT2D eigenvalue weighted by Gasteiger charge is 2.16. The van der Waals surface area contributed by atoms with Crippen molar-refractivity contribution in [2.24, 2.45) is 0 Å². The summed E-state index contributed by atoms with van der Waals surface area (Å²) in [5, 5.41) is 6.34. The highest BCUT2D eigenvalue weighted by Crippen LogP contribution is 2.11. The van der Waals surface area contributed by atoms with Gasteiger partial charge in [0.15, 0.2) is 0 Å². The highest BCUT2D eigenvalue weighted by molar-refractivity contribution is 7.99. The number of imidazole rings is 1. The summed E-state index contributed by atoms with van der Waals surface area (Å²) >= 11 is 1.91. The predicted molar refractivity (Wildman–Crippen MR) is 100 cm³/mol. The smallest absolute Gasteiger partial charge is 0.221 e. The minimum atomic E-state index is 0. The second-order valence-corrected chi connectivity index (χ2v) is 6.48. The number of rotatable bonds is 4. The van der Waals surface area contributed by atoms with Crippen molar-refractivity contribution in [1.82, 2.24) is 20.0 Å². The molecule has 1 fully saturated rings. The molecular formula is C15H22Cl2N4OS. The largest absolute Gasteiger partial charge is 0.350 e. The molecule has 5 nitrogen and oxygen atoms in total. The Labute approximate surface area is 152 Å². The van der Waals surface area contributed by atoms with Crippen LogP contribution in [0.2, 0.25) is 0 Å². The zero-order chi connectivity index (χ0) is 14.7. The Balaban J connectivity index is 0.00000132. The van der Waals surface area contributed by atoms with Crippen LogP contribution in [0.25, 0.3) is 5.65 Å². The van der Waals surface area contributed by atoms with Gasteiger partial charge < -0.3 is 15.0 Å². The number of nitrogens with zero attached hydrogens (tertiary/aromatic N) is 2. The van der Waals surface area contributed by atoms with Gasteiger partial charge in [0.2, 0.25) is 5.91 Å².